The highest BCUT2D eigenvalue weighted by Crippen LogP contribution is 2.16. The zero-order chi connectivity index (χ0) is 11.1. The maximum Gasteiger partial charge on any atom is 0.310 e. The molecule has 1 saturated heterocycles. The topological polar surface area (TPSA) is 82.0 Å². The predicted molar refractivity (Wildman–Crippen MR) is 57.1 cm³/mol. The van der Waals surface area contributed by atoms with Crippen LogP contribution in [0.25, 0.3) is 0 Å². The van der Waals surface area contributed by atoms with Gasteiger partial charge in [-0.25, -0.2) is 0 Å². The lowest BCUT2D eigenvalue weighted by atomic mass is 10.2. The first-order valence-electron chi connectivity index (χ1n) is 4.77. The van der Waals surface area contributed by atoms with E-state index in [0.29, 0.717) is 0 Å². The zero-order valence-corrected chi connectivity index (χ0v) is 9.10. The number of carbonyl (C=O) groups is 2. The van der Waals surface area contributed by atoms with Gasteiger partial charge in [-0.15, -0.1) is 0 Å². The Morgan fingerprint density at radius 3 is 2.87 bits per heavy atom. The average Bonchev–Trinajstić information content (AvgIpc) is 2.27. The van der Waals surface area contributed by atoms with Gasteiger partial charge in [0, 0.05) is 11.8 Å². The van der Waals surface area contributed by atoms with Gasteiger partial charge in [0.15, 0.2) is 0 Å². The van der Waals surface area contributed by atoms with Crippen molar-refractivity contribution >= 4 is 23.6 Å². The Hall–Kier alpha value is -1.22. The molecule has 0 aromatic carbocycles. The third kappa shape index (κ3) is 4.21. The fourth-order valence-corrected chi connectivity index (χ4v) is 2.38. The first kappa shape index (κ1) is 11.9. The normalized spacial score (nSPS) is 20.1. The highest BCUT2D eigenvalue weighted by atomic mass is 32.2. The maximum atomic E-state index is 11.3. The summed E-state index contributed by atoms with van der Waals surface area (Å²) in [6.07, 6.45) is 1.99. The van der Waals surface area contributed by atoms with E-state index >= 15 is 0 Å². The first-order valence-corrected chi connectivity index (χ1v) is 5.93. The molecule has 2 amide bonds. The Balaban J connectivity index is 2.27. The molecule has 0 aromatic heterocycles. The Morgan fingerprint density at radius 2 is 2.27 bits per heavy atom. The van der Waals surface area contributed by atoms with Gasteiger partial charge in [0.25, 0.3) is 0 Å². The van der Waals surface area contributed by atoms with Crippen molar-refractivity contribution < 1.29 is 9.59 Å². The van der Waals surface area contributed by atoms with Crippen LogP contribution in [0.2, 0.25) is 0 Å². The number of nitriles is 1. The third-order valence-corrected chi connectivity index (χ3v) is 3.25. The van der Waals surface area contributed by atoms with Crippen molar-refractivity contribution in [2.24, 2.45) is 0 Å². The van der Waals surface area contributed by atoms with Crippen LogP contribution >= 0.6 is 11.8 Å². The van der Waals surface area contributed by atoms with Crippen LogP contribution in [0, 0.1) is 11.3 Å². The Kier molecular flexibility index (Phi) is 4.98. The molecule has 1 fully saturated rings. The number of nitrogens with zero attached hydrogens (tertiary/aromatic N) is 1. The summed E-state index contributed by atoms with van der Waals surface area (Å²) in [6.45, 7) is -0.133. The van der Waals surface area contributed by atoms with E-state index < -0.39 is 11.8 Å². The molecule has 1 unspecified atom stereocenters. The van der Waals surface area contributed by atoms with E-state index in [1.807, 2.05) is 0 Å². The second-order valence-corrected chi connectivity index (χ2v) is 4.38. The lowest BCUT2D eigenvalue weighted by Crippen LogP contribution is -2.46. The van der Waals surface area contributed by atoms with Gasteiger partial charge in [0.1, 0.15) is 6.54 Å². The molecular weight excluding hydrogens is 214 g/mol. The molecule has 1 aliphatic rings. The number of rotatable bonds is 2. The summed E-state index contributed by atoms with van der Waals surface area (Å²) >= 11 is 1.78. The van der Waals surface area contributed by atoms with E-state index in [1.54, 1.807) is 17.8 Å². The van der Waals surface area contributed by atoms with Gasteiger partial charge in [0.2, 0.25) is 0 Å². The van der Waals surface area contributed by atoms with E-state index in [9.17, 15) is 9.59 Å². The fourth-order valence-electron chi connectivity index (χ4n) is 1.31. The number of hydrogen-bond donors (Lipinski definition) is 2. The summed E-state index contributed by atoms with van der Waals surface area (Å²) in [5, 5.41) is 13.1. The van der Waals surface area contributed by atoms with Crippen LogP contribution in [0.15, 0.2) is 0 Å². The predicted octanol–water partition coefficient (Wildman–Crippen LogP) is -0.362. The lowest BCUT2D eigenvalue weighted by Gasteiger charge is -2.21. The minimum atomic E-state index is -0.730. The van der Waals surface area contributed by atoms with Gasteiger partial charge in [0.05, 0.1) is 6.07 Å². The number of thioether (sulfide) groups is 1. The SMILES string of the molecule is N#CCNC(=O)C(=O)NC1CCCSC1. The number of nitrogens with one attached hydrogen (secondary N) is 2. The van der Waals surface area contributed by atoms with Crippen molar-refractivity contribution in [2.45, 2.75) is 18.9 Å². The molecule has 2 N–H and O–H groups in total. The summed E-state index contributed by atoms with van der Waals surface area (Å²) < 4.78 is 0. The van der Waals surface area contributed by atoms with E-state index in [0.717, 1.165) is 24.3 Å². The van der Waals surface area contributed by atoms with E-state index in [1.165, 1.54) is 0 Å². The molecule has 6 heteroatoms. The van der Waals surface area contributed by atoms with Gasteiger partial charge in [-0.05, 0) is 18.6 Å². The van der Waals surface area contributed by atoms with Gasteiger partial charge >= 0.3 is 11.8 Å². The van der Waals surface area contributed by atoms with Crippen molar-refractivity contribution in [3.8, 4) is 6.07 Å². The van der Waals surface area contributed by atoms with Gasteiger partial charge in [-0.2, -0.15) is 17.0 Å². The van der Waals surface area contributed by atoms with Gasteiger partial charge < -0.3 is 10.6 Å². The zero-order valence-electron chi connectivity index (χ0n) is 8.28. The maximum absolute atomic E-state index is 11.3. The fraction of sp³-hybridized carbons (Fsp3) is 0.667. The quantitative estimate of drug-likeness (QED) is 0.498. The third-order valence-electron chi connectivity index (χ3n) is 2.03. The molecule has 1 atom stereocenters. The van der Waals surface area contributed by atoms with Gasteiger partial charge in [-0.3, -0.25) is 9.59 Å². The number of carbonyl (C=O) groups excluding carboxylic acids is 2. The van der Waals surface area contributed by atoms with Crippen LogP contribution in [0.4, 0.5) is 0 Å². The van der Waals surface area contributed by atoms with Crippen LogP contribution < -0.4 is 10.6 Å². The van der Waals surface area contributed by atoms with E-state index in [2.05, 4.69) is 10.6 Å². The van der Waals surface area contributed by atoms with Crippen molar-refractivity contribution in [3.05, 3.63) is 0 Å². The molecule has 5 nitrogen and oxygen atoms in total. The van der Waals surface area contributed by atoms with Crippen LogP contribution in [0.1, 0.15) is 12.8 Å². The summed E-state index contributed by atoms with van der Waals surface area (Å²) in [5.74, 6) is 0.606. The van der Waals surface area contributed by atoms with Crippen molar-refractivity contribution in [1.29, 1.82) is 5.26 Å². The van der Waals surface area contributed by atoms with E-state index in [-0.39, 0.29) is 12.6 Å². The highest BCUT2D eigenvalue weighted by Gasteiger charge is 2.19. The standard InChI is InChI=1S/C9H13N3O2S/c10-3-4-11-8(13)9(14)12-7-2-1-5-15-6-7/h7H,1-2,4-6H2,(H,11,13)(H,12,14). The molecule has 82 valence electrons. The highest BCUT2D eigenvalue weighted by molar-refractivity contribution is 7.99. The Labute approximate surface area is 92.6 Å². The minimum absolute atomic E-state index is 0.0871. The minimum Gasteiger partial charge on any atom is -0.344 e. The number of amides is 2. The van der Waals surface area contributed by atoms with Crippen LogP contribution in [0.3, 0.4) is 0 Å². The Morgan fingerprint density at radius 1 is 1.47 bits per heavy atom. The smallest absolute Gasteiger partial charge is 0.310 e. The van der Waals surface area contributed by atoms with Crippen LogP contribution in [-0.2, 0) is 9.59 Å². The molecule has 0 aromatic rings. The van der Waals surface area contributed by atoms with Crippen molar-refractivity contribution in [3.63, 3.8) is 0 Å². The molecule has 0 saturated carbocycles. The summed E-state index contributed by atoms with van der Waals surface area (Å²) in [7, 11) is 0. The molecule has 0 radical (unpaired) electrons. The lowest BCUT2D eigenvalue weighted by molar-refractivity contribution is -0.139. The summed E-state index contributed by atoms with van der Waals surface area (Å²) in [6, 6.07) is 1.83. The molecule has 15 heavy (non-hydrogen) atoms. The van der Waals surface area contributed by atoms with Crippen LogP contribution in [-0.4, -0.2) is 35.9 Å². The average molecular weight is 227 g/mol. The summed E-state index contributed by atoms with van der Waals surface area (Å²) in [5.41, 5.74) is 0. The monoisotopic (exact) mass is 227 g/mol. The second kappa shape index (κ2) is 6.30. The molecule has 1 rings (SSSR count). The molecule has 0 aliphatic carbocycles. The second-order valence-electron chi connectivity index (χ2n) is 3.23. The molecule has 0 spiro atoms. The van der Waals surface area contributed by atoms with Crippen molar-refractivity contribution in [2.75, 3.05) is 18.1 Å². The number of hydrogen-bond acceptors (Lipinski definition) is 4. The molecule has 1 heterocycles. The summed E-state index contributed by atoms with van der Waals surface area (Å²) in [4.78, 5) is 22.4. The van der Waals surface area contributed by atoms with E-state index in [4.69, 9.17) is 5.26 Å². The Bertz CT molecular complexity index is 282. The van der Waals surface area contributed by atoms with Crippen molar-refractivity contribution in [1.82, 2.24) is 10.6 Å². The van der Waals surface area contributed by atoms with Crippen LogP contribution in [0.5, 0.6) is 0 Å². The largest absolute Gasteiger partial charge is 0.344 e. The van der Waals surface area contributed by atoms with Gasteiger partial charge in [-0.1, -0.05) is 0 Å². The molecule has 0 bridgehead atoms. The molecular formula is C9H13N3O2S. The first-order chi connectivity index (χ1) is 7.24. The molecule has 1 aliphatic heterocycles.